The predicted octanol–water partition coefficient (Wildman–Crippen LogP) is 6.94. The van der Waals surface area contributed by atoms with Crippen LogP contribution < -0.4 is 15.5 Å². The van der Waals surface area contributed by atoms with Crippen molar-refractivity contribution in [2.45, 2.75) is 12.9 Å². The molecule has 0 atom stereocenters. The van der Waals surface area contributed by atoms with Crippen LogP contribution in [-0.4, -0.2) is 27.5 Å². The molecule has 4 rings (SSSR count). The first-order valence-corrected chi connectivity index (χ1v) is 11.3. The number of aromatic nitrogens is 3. The van der Waals surface area contributed by atoms with Crippen molar-refractivity contribution in [1.82, 2.24) is 15.0 Å². The topological polar surface area (TPSA) is 84.3 Å². The SMILES string of the molecule is Fc1cccc(Cl)c1-c1nc(NCc2ccc(Cl)cc2)nc(N/N=C/c2ccc(OC(F)(F)F)cc2)n1. The highest BCUT2D eigenvalue weighted by Crippen LogP contribution is 2.29. The molecule has 4 aromatic rings. The number of hydrogen-bond donors (Lipinski definition) is 2. The number of benzene rings is 3. The maximum atomic E-state index is 14.5. The van der Waals surface area contributed by atoms with E-state index in [2.05, 4.69) is 35.5 Å². The number of hydrogen-bond acceptors (Lipinski definition) is 7. The molecule has 0 saturated heterocycles. The molecule has 0 aliphatic heterocycles. The van der Waals surface area contributed by atoms with Gasteiger partial charge in [0.1, 0.15) is 11.6 Å². The van der Waals surface area contributed by atoms with Crippen molar-refractivity contribution in [3.05, 3.63) is 93.7 Å². The number of ether oxygens (including phenoxy) is 1. The van der Waals surface area contributed by atoms with Gasteiger partial charge in [0.25, 0.3) is 0 Å². The quantitative estimate of drug-likeness (QED) is 0.140. The van der Waals surface area contributed by atoms with E-state index in [0.29, 0.717) is 17.1 Å². The van der Waals surface area contributed by atoms with Gasteiger partial charge in [-0.1, -0.05) is 41.4 Å². The lowest BCUT2D eigenvalue weighted by molar-refractivity contribution is -0.274. The van der Waals surface area contributed by atoms with Gasteiger partial charge in [-0.05, 0) is 59.7 Å². The Balaban J connectivity index is 1.56. The molecule has 0 bridgehead atoms. The van der Waals surface area contributed by atoms with Crippen molar-refractivity contribution < 1.29 is 22.3 Å². The highest BCUT2D eigenvalue weighted by Gasteiger charge is 2.30. The zero-order valence-electron chi connectivity index (χ0n) is 18.6. The Morgan fingerprint density at radius 1 is 0.892 bits per heavy atom. The molecule has 2 N–H and O–H groups in total. The van der Waals surface area contributed by atoms with E-state index in [4.69, 9.17) is 23.2 Å². The highest BCUT2D eigenvalue weighted by molar-refractivity contribution is 6.33. The first-order chi connectivity index (χ1) is 17.7. The van der Waals surface area contributed by atoms with E-state index in [0.717, 1.165) is 17.7 Å². The number of halogens is 6. The summed E-state index contributed by atoms with van der Waals surface area (Å²) in [6.45, 7) is 0.334. The number of alkyl halides is 3. The van der Waals surface area contributed by atoms with Crippen molar-refractivity contribution in [1.29, 1.82) is 0 Å². The molecule has 0 radical (unpaired) electrons. The second-order valence-corrected chi connectivity index (χ2v) is 8.21. The maximum absolute atomic E-state index is 14.5. The fourth-order valence-electron chi connectivity index (χ4n) is 3.03. The van der Waals surface area contributed by atoms with Crippen molar-refractivity contribution >= 4 is 41.3 Å². The van der Waals surface area contributed by atoms with Gasteiger partial charge in [-0.25, -0.2) is 9.82 Å². The molecule has 1 aromatic heterocycles. The molecule has 0 aliphatic carbocycles. The summed E-state index contributed by atoms with van der Waals surface area (Å²) in [5.41, 5.74) is 3.95. The summed E-state index contributed by atoms with van der Waals surface area (Å²) >= 11 is 12.1. The highest BCUT2D eigenvalue weighted by atomic mass is 35.5. The van der Waals surface area contributed by atoms with Crippen LogP contribution in [0.25, 0.3) is 11.4 Å². The van der Waals surface area contributed by atoms with E-state index < -0.39 is 12.2 Å². The third-order valence-electron chi connectivity index (χ3n) is 4.68. The zero-order chi connectivity index (χ0) is 26.4. The van der Waals surface area contributed by atoms with E-state index in [1.54, 1.807) is 12.1 Å². The molecule has 3 aromatic carbocycles. The Hall–Kier alpha value is -3.96. The summed E-state index contributed by atoms with van der Waals surface area (Å²) in [6.07, 6.45) is -3.45. The monoisotopic (exact) mass is 550 g/mol. The lowest BCUT2D eigenvalue weighted by atomic mass is 10.2. The number of rotatable bonds is 8. The molecular weight excluding hydrogens is 535 g/mol. The van der Waals surface area contributed by atoms with E-state index in [1.165, 1.54) is 36.5 Å². The van der Waals surface area contributed by atoms with Gasteiger partial charge in [-0.15, -0.1) is 13.2 Å². The number of anilines is 2. The molecular formula is C24H16Cl2F4N6O. The van der Waals surface area contributed by atoms with Crippen molar-refractivity contribution in [2.75, 3.05) is 10.7 Å². The van der Waals surface area contributed by atoms with Crippen LogP contribution in [0.3, 0.4) is 0 Å². The standard InChI is InChI=1S/C24H16Cl2F4N6O/c25-16-8-4-14(5-9-16)12-31-22-33-21(20-18(26)2-1-3-19(20)27)34-23(35-22)36-32-13-15-6-10-17(11-7-15)37-24(28,29)30/h1-11,13H,12H2,(H2,31,33,34,35,36)/b32-13+. The van der Waals surface area contributed by atoms with Crippen LogP contribution in [0.4, 0.5) is 29.5 Å². The normalized spacial score (nSPS) is 11.5. The van der Waals surface area contributed by atoms with Gasteiger partial charge in [0, 0.05) is 11.6 Å². The summed E-state index contributed by atoms with van der Waals surface area (Å²) < 4.78 is 55.3. The molecule has 13 heteroatoms. The van der Waals surface area contributed by atoms with Crippen molar-refractivity contribution in [3.63, 3.8) is 0 Å². The fourth-order valence-corrected chi connectivity index (χ4v) is 3.41. The molecule has 0 unspecified atom stereocenters. The Kier molecular flexibility index (Phi) is 8.04. The Labute approximate surface area is 218 Å². The van der Waals surface area contributed by atoms with Crippen LogP contribution in [0.15, 0.2) is 71.8 Å². The largest absolute Gasteiger partial charge is 0.573 e. The predicted molar refractivity (Wildman–Crippen MR) is 133 cm³/mol. The van der Waals surface area contributed by atoms with Gasteiger partial charge >= 0.3 is 6.36 Å². The zero-order valence-corrected chi connectivity index (χ0v) is 20.1. The Morgan fingerprint density at radius 3 is 2.27 bits per heavy atom. The maximum Gasteiger partial charge on any atom is 0.573 e. The van der Waals surface area contributed by atoms with Gasteiger partial charge in [0.05, 0.1) is 16.8 Å². The minimum atomic E-state index is -4.78. The van der Waals surface area contributed by atoms with Gasteiger partial charge in [-0.3, -0.25) is 0 Å². The van der Waals surface area contributed by atoms with Gasteiger partial charge in [0.2, 0.25) is 11.9 Å². The van der Waals surface area contributed by atoms with Crippen LogP contribution in [0.2, 0.25) is 10.0 Å². The van der Waals surface area contributed by atoms with Gasteiger partial charge in [-0.2, -0.15) is 20.1 Å². The minimum Gasteiger partial charge on any atom is -0.406 e. The molecule has 190 valence electrons. The van der Waals surface area contributed by atoms with Crippen LogP contribution in [0.1, 0.15) is 11.1 Å². The molecule has 0 saturated carbocycles. The molecule has 37 heavy (non-hydrogen) atoms. The van der Waals surface area contributed by atoms with E-state index in [-0.39, 0.29) is 34.1 Å². The summed E-state index contributed by atoms with van der Waals surface area (Å²) in [5.74, 6) is -0.944. The molecule has 1 heterocycles. The number of nitrogens with zero attached hydrogens (tertiary/aromatic N) is 4. The summed E-state index contributed by atoms with van der Waals surface area (Å²) in [6, 6.07) is 16.3. The van der Waals surface area contributed by atoms with Crippen LogP contribution >= 0.6 is 23.2 Å². The third kappa shape index (κ3) is 7.51. The lowest BCUT2D eigenvalue weighted by Gasteiger charge is -2.10. The summed E-state index contributed by atoms with van der Waals surface area (Å²) in [5, 5.41) is 7.73. The molecule has 7 nitrogen and oxygen atoms in total. The minimum absolute atomic E-state index is 0.0200. The van der Waals surface area contributed by atoms with Crippen LogP contribution in [0, 0.1) is 5.82 Å². The smallest absolute Gasteiger partial charge is 0.406 e. The lowest BCUT2D eigenvalue weighted by Crippen LogP contribution is -2.17. The number of hydrazone groups is 1. The van der Waals surface area contributed by atoms with Gasteiger partial charge < -0.3 is 10.1 Å². The molecule has 0 spiro atoms. The number of nitrogens with one attached hydrogen (secondary N) is 2. The van der Waals surface area contributed by atoms with Crippen LogP contribution in [0.5, 0.6) is 5.75 Å². The van der Waals surface area contributed by atoms with E-state index in [1.807, 2.05) is 12.1 Å². The third-order valence-corrected chi connectivity index (χ3v) is 5.24. The first-order valence-electron chi connectivity index (χ1n) is 10.5. The van der Waals surface area contributed by atoms with E-state index in [9.17, 15) is 17.6 Å². The van der Waals surface area contributed by atoms with Crippen LogP contribution in [-0.2, 0) is 6.54 Å². The average molecular weight is 551 g/mol. The first kappa shape index (κ1) is 26.1. The molecule has 0 amide bonds. The summed E-state index contributed by atoms with van der Waals surface area (Å²) in [7, 11) is 0. The second-order valence-electron chi connectivity index (χ2n) is 7.37. The summed E-state index contributed by atoms with van der Waals surface area (Å²) in [4.78, 5) is 12.7. The second kappa shape index (κ2) is 11.4. The van der Waals surface area contributed by atoms with Gasteiger partial charge in [0.15, 0.2) is 5.82 Å². The van der Waals surface area contributed by atoms with E-state index >= 15 is 0 Å². The molecule has 0 fully saturated rings. The Bertz CT molecular complexity index is 1380. The van der Waals surface area contributed by atoms with Crippen molar-refractivity contribution in [3.8, 4) is 17.1 Å². The average Bonchev–Trinajstić information content (AvgIpc) is 2.84. The van der Waals surface area contributed by atoms with Crippen molar-refractivity contribution in [2.24, 2.45) is 5.10 Å². The Morgan fingerprint density at radius 2 is 1.59 bits per heavy atom. The molecule has 0 aliphatic rings. The fraction of sp³-hybridized carbons (Fsp3) is 0.0833.